The van der Waals surface area contributed by atoms with Crippen LogP contribution in [0.3, 0.4) is 0 Å². The highest BCUT2D eigenvalue weighted by atomic mass is 32.2. The molecule has 1 fully saturated rings. The number of methoxy groups -OCH3 is 2. The Morgan fingerprint density at radius 3 is 2.28 bits per heavy atom. The standard InChI is InChI=1S/C26H26N2O7S/c1-27(36(30,31)16-5-6-16)8-9-28-25-17(7-4-15-10-23-24(11-18(15)25)35-14-34-23)19-12-21(32-2)22(33-3)13-20(19)26(28)29/h4,7,10-13,16H,5-6,8-9,14H2,1-3H3. The SMILES string of the molecule is COc1cc2c(=O)n(CCN(C)S(=O)(=O)C3CC3)c3c4cc5c(cc4ccc3c2cc1OC)OCO5. The van der Waals surface area contributed by atoms with E-state index < -0.39 is 10.0 Å². The molecule has 0 saturated heterocycles. The van der Waals surface area contributed by atoms with E-state index in [-0.39, 0.29) is 30.7 Å². The maximum atomic E-state index is 13.9. The zero-order valence-corrected chi connectivity index (χ0v) is 21.1. The van der Waals surface area contributed by atoms with Gasteiger partial charge < -0.3 is 23.5 Å². The summed E-state index contributed by atoms with van der Waals surface area (Å²) in [6.07, 6.45) is 1.37. The number of pyridine rings is 1. The molecule has 0 atom stereocenters. The maximum absolute atomic E-state index is 13.9. The molecule has 4 aromatic rings. The molecule has 2 aliphatic rings. The molecule has 3 aromatic carbocycles. The van der Waals surface area contributed by atoms with Gasteiger partial charge in [-0.1, -0.05) is 12.1 Å². The van der Waals surface area contributed by atoms with Crippen molar-refractivity contribution in [3.05, 3.63) is 46.8 Å². The zero-order valence-electron chi connectivity index (χ0n) is 20.2. The second-order valence-corrected chi connectivity index (χ2v) is 11.5. The van der Waals surface area contributed by atoms with Crippen LogP contribution >= 0.6 is 0 Å². The average Bonchev–Trinajstić information content (AvgIpc) is 3.65. The minimum Gasteiger partial charge on any atom is -0.493 e. The second-order valence-electron chi connectivity index (χ2n) is 9.16. The Bertz CT molecular complexity index is 1710. The Kier molecular flexibility index (Phi) is 5.27. The van der Waals surface area contributed by atoms with Crippen LogP contribution < -0.4 is 24.5 Å². The zero-order chi connectivity index (χ0) is 25.2. The van der Waals surface area contributed by atoms with Crippen LogP contribution in [-0.4, -0.2) is 57.1 Å². The van der Waals surface area contributed by atoms with Crippen LogP contribution in [0.1, 0.15) is 12.8 Å². The van der Waals surface area contributed by atoms with Crippen molar-refractivity contribution in [1.29, 1.82) is 0 Å². The Morgan fingerprint density at radius 1 is 0.944 bits per heavy atom. The number of aromatic nitrogens is 1. The van der Waals surface area contributed by atoms with Crippen LogP contribution in [0.15, 0.2) is 41.2 Å². The molecule has 0 unspecified atom stereocenters. The largest absolute Gasteiger partial charge is 0.493 e. The average molecular weight is 511 g/mol. The van der Waals surface area contributed by atoms with Crippen LogP contribution in [0.2, 0.25) is 0 Å². The van der Waals surface area contributed by atoms with Crippen molar-refractivity contribution in [3.63, 3.8) is 0 Å². The summed E-state index contributed by atoms with van der Waals surface area (Å²) < 4.78 is 50.7. The molecule has 9 nitrogen and oxygen atoms in total. The summed E-state index contributed by atoms with van der Waals surface area (Å²) in [7, 11) is 1.29. The molecule has 36 heavy (non-hydrogen) atoms. The Hall–Kier alpha value is -3.50. The first-order valence-corrected chi connectivity index (χ1v) is 13.2. The van der Waals surface area contributed by atoms with E-state index in [1.165, 1.54) is 11.4 Å². The molecule has 2 heterocycles. The molecule has 1 aliphatic carbocycles. The highest BCUT2D eigenvalue weighted by Crippen LogP contribution is 2.41. The van der Waals surface area contributed by atoms with Crippen LogP contribution in [0.4, 0.5) is 0 Å². The van der Waals surface area contributed by atoms with E-state index in [9.17, 15) is 13.2 Å². The molecule has 1 aromatic heterocycles. The lowest BCUT2D eigenvalue weighted by molar-refractivity contribution is 0.174. The van der Waals surface area contributed by atoms with E-state index in [0.717, 1.165) is 21.5 Å². The van der Waals surface area contributed by atoms with E-state index in [4.69, 9.17) is 18.9 Å². The van der Waals surface area contributed by atoms with Gasteiger partial charge in [0.2, 0.25) is 16.8 Å². The van der Waals surface area contributed by atoms with E-state index in [0.29, 0.717) is 46.7 Å². The highest BCUT2D eigenvalue weighted by Gasteiger charge is 2.38. The van der Waals surface area contributed by atoms with Gasteiger partial charge in [-0.2, -0.15) is 0 Å². The number of benzene rings is 3. The fourth-order valence-corrected chi connectivity index (χ4v) is 6.51. The fraction of sp³-hybridized carbons (Fsp3) is 0.346. The van der Waals surface area contributed by atoms with Gasteiger partial charge in [0.15, 0.2) is 23.0 Å². The minimum absolute atomic E-state index is 0.139. The third-order valence-electron chi connectivity index (χ3n) is 7.06. The molecule has 0 amide bonds. The summed E-state index contributed by atoms with van der Waals surface area (Å²) in [6.45, 7) is 0.503. The third-order valence-corrected chi connectivity index (χ3v) is 9.43. The number of likely N-dealkylation sites (N-methyl/N-ethyl adjacent to an activating group) is 1. The number of fused-ring (bicyclic) bond motifs is 6. The molecule has 188 valence electrons. The van der Waals surface area contributed by atoms with Crippen molar-refractivity contribution < 1.29 is 27.4 Å². The van der Waals surface area contributed by atoms with Gasteiger partial charge in [0.05, 0.1) is 30.4 Å². The monoisotopic (exact) mass is 510 g/mol. The van der Waals surface area contributed by atoms with Crippen molar-refractivity contribution in [2.75, 3.05) is 34.6 Å². The molecule has 0 spiro atoms. The van der Waals surface area contributed by atoms with Crippen molar-refractivity contribution in [1.82, 2.24) is 8.87 Å². The summed E-state index contributed by atoms with van der Waals surface area (Å²) in [5.74, 6) is 2.23. The minimum atomic E-state index is -3.37. The number of sulfonamides is 1. The summed E-state index contributed by atoms with van der Waals surface area (Å²) in [5.41, 5.74) is 0.466. The second kappa shape index (κ2) is 8.28. The lowest BCUT2D eigenvalue weighted by Crippen LogP contribution is -2.35. The Labute approximate surface area is 207 Å². The molecule has 0 N–H and O–H groups in total. The van der Waals surface area contributed by atoms with Gasteiger partial charge in [-0.25, -0.2) is 12.7 Å². The molecular formula is C26H26N2O7S. The van der Waals surface area contributed by atoms with Gasteiger partial charge >= 0.3 is 0 Å². The first-order valence-electron chi connectivity index (χ1n) is 11.7. The van der Waals surface area contributed by atoms with Crippen LogP contribution in [0, 0.1) is 0 Å². The molecule has 1 aliphatic heterocycles. The number of nitrogens with zero attached hydrogens (tertiary/aromatic N) is 2. The third kappa shape index (κ3) is 3.47. The van der Waals surface area contributed by atoms with Gasteiger partial charge in [-0.15, -0.1) is 0 Å². The molecular weight excluding hydrogens is 484 g/mol. The lowest BCUT2D eigenvalue weighted by atomic mass is 10.00. The van der Waals surface area contributed by atoms with E-state index in [2.05, 4.69) is 0 Å². The summed E-state index contributed by atoms with van der Waals surface area (Å²) in [5, 5.41) is 3.42. The first kappa shape index (κ1) is 22.9. The predicted octanol–water partition coefficient (Wildman–Crippen LogP) is 3.48. The van der Waals surface area contributed by atoms with Gasteiger partial charge in [0, 0.05) is 36.3 Å². The molecule has 1 saturated carbocycles. The normalized spacial score (nSPS) is 15.3. The van der Waals surface area contributed by atoms with E-state index >= 15 is 0 Å². The topological polar surface area (TPSA) is 96.3 Å². The maximum Gasteiger partial charge on any atom is 0.259 e. The Balaban J connectivity index is 1.63. The van der Waals surface area contributed by atoms with Gasteiger partial charge in [-0.3, -0.25) is 4.79 Å². The summed E-state index contributed by atoms with van der Waals surface area (Å²) in [4.78, 5) is 13.9. The molecule has 0 radical (unpaired) electrons. The quantitative estimate of drug-likeness (QED) is 0.351. The fourth-order valence-electron chi connectivity index (χ4n) is 4.93. The van der Waals surface area contributed by atoms with Crippen molar-refractivity contribution in [3.8, 4) is 23.0 Å². The van der Waals surface area contributed by atoms with Crippen LogP contribution in [-0.2, 0) is 16.6 Å². The van der Waals surface area contributed by atoms with Crippen molar-refractivity contribution >= 4 is 42.5 Å². The van der Waals surface area contributed by atoms with E-state index in [1.807, 2.05) is 30.3 Å². The molecule has 6 rings (SSSR count). The smallest absolute Gasteiger partial charge is 0.259 e. The number of ether oxygens (including phenoxy) is 4. The van der Waals surface area contributed by atoms with E-state index in [1.54, 1.807) is 24.8 Å². The number of rotatable bonds is 7. The Morgan fingerprint density at radius 2 is 1.61 bits per heavy atom. The predicted molar refractivity (Wildman–Crippen MR) is 137 cm³/mol. The van der Waals surface area contributed by atoms with Gasteiger partial charge in [-0.05, 0) is 42.5 Å². The van der Waals surface area contributed by atoms with Crippen LogP contribution in [0.25, 0.3) is 32.4 Å². The lowest BCUT2D eigenvalue weighted by Gasteiger charge is -2.20. The van der Waals surface area contributed by atoms with Crippen molar-refractivity contribution in [2.24, 2.45) is 0 Å². The summed E-state index contributed by atoms with van der Waals surface area (Å²) in [6, 6.07) is 11.2. The van der Waals surface area contributed by atoms with Gasteiger partial charge in [0.25, 0.3) is 5.56 Å². The first-order chi connectivity index (χ1) is 17.3. The number of hydrogen-bond acceptors (Lipinski definition) is 7. The highest BCUT2D eigenvalue weighted by molar-refractivity contribution is 7.90. The van der Waals surface area contributed by atoms with Crippen molar-refractivity contribution in [2.45, 2.75) is 24.6 Å². The summed E-state index contributed by atoms with van der Waals surface area (Å²) >= 11 is 0. The van der Waals surface area contributed by atoms with Crippen LogP contribution in [0.5, 0.6) is 23.0 Å². The number of hydrogen-bond donors (Lipinski definition) is 0. The van der Waals surface area contributed by atoms with Gasteiger partial charge in [0.1, 0.15) is 0 Å². The molecule has 0 bridgehead atoms. The molecule has 10 heteroatoms.